The van der Waals surface area contributed by atoms with Crippen LogP contribution in [0.1, 0.15) is 43.0 Å². The van der Waals surface area contributed by atoms with Gasteiger partial charge in [-0.05, 0) is 36.2 Å². The van der Waals surface area contributed by atoms with Crippen LogP contribution in [0, 0.1) is 17.6 Å². The molecule has 2 aromatic carbocycles. The third kappa shape index (κ3) is 4.32. The smallest absolute Gasteiger partial charge is 0.276 e. The van der Waals surface area contributed by atoms with Crippen LogP contribution < -0.4 is 21.5 Å². The van der Waals surface area contributed by atoms with E-state index < -0.39 is 28.8 Å². The van der Waals surface area contributed by atoms with Crippen molar-refractivity contribution >= 4 is 28.3 Å². The molecule has 0 spiro atoms. The summed E-state index contributed by atoms with van der Waals surface area (Å²) < 4.78 is 31.3. The molecule has 198 valence electrons. The number of nitrogens with one attached hydrogen (secondary N) is 1. The molecule has 0 bridgehead atoms. The highest BCUT2D eigenvalue weighted by atomic mass is 19.1. The number of fused-ring (bicyclic) bond motifs is 1. The van der Waals surface area contributed by atoms with Gasteiger partial charge in [-0.2, -0.15) is 9.78 Å². The predicted molar refractivity (Wildman–Crippen MR) is 142 cm³/mol. The number of benzene rings is 2. The summed E-state index contributed by atoms with van der Waals surface area (Å²) >= 11 is 0. The van der Waals surface area contributed by atoms with Crippen LogP contribution in [0.15, 0.2) is 47.3 Å². The lowest BCUT2D eigenvalue weighted by molar-refractivity contribution is 0.102. The van der Waals surface area contributed by atoms with E-state index in [4.69, 9.17) is 10.7 Å². The van der Waals surface area contributed by atoms with E-state index in [2.05, 4.69) is 36.1 Å². The first-order valence-corrected chi connectivity index (χ1v) is 12.4. The minimum Gasteiger partial charge on any atom is -0.366 e. The van der Waals surface area contributed by atoms with Crippen molar-refractivity contribution in [2.75, 3.05) is 23.3 Å². The normalized spacial score (nSPS) is 17.5. The fourth-order valence-electron chi connectivity index (χ4n) is 4.94. The Morgan fingerprint density at radius 1 is 1.08 bits per heavy atom. The Hall–Kier alpha value is -4.12. The third-order valence-corrected chi connectivity index (χ3v) is 6.99. The van der Waals surface area contributed by atoms with Gasteiger partial charge in [-0.1, -0.05) is 26.8 Å². The number of hydrogen-bond donors (Lipinski definition) is 2. The highest BCUT2D eigenvalue weighted by Crippen LogP contribution is 2.38. The molecule has 11 heteroatoms. The molecule has 2 aromatic heterocycles. The number of carbonyl (C=O) groups is 1. The summed E-state index contributed by atoms with van der Waals surface area (Å²) in [4.78, 5) is 32.8. The summed E-state index contributed by atoms with van der Waals surface area (Å²) in [6, 6.07) is 9.12. The fraction of sp³-hybridized carbons (Fsp3) is 0.333. The molecule has 4 aromatic rings. The van der Waals surface area contributed by atoms with Gasteiger partial charge in [0.25, 0.3) is 11.5 Å². The van der Waals surface area contributed by atoms with Crippen LogP contribution in [0.5, 0.6) is 0 Å². The first-order valence-electron chi connectivity index (χ1n) is 12.4. The molecule has 0 radical (unpaired) electrons. The summed E-state index contributed by atoms with van der Waals surface area (Å²) in [6.45, 7) is 7.49. The van der Waals surface area contributed by atoms with Crippen molar-refractivity contribution in [1.82, 2.24) is 19.3 Å². The van der Waals surface area contributed by atoms with Crippen LogP contribution >= 0.6 is 0 Å². The zero-order valence-electron chi connectivity index (χ0n) is 21.6. The van der Waals surface area contributed by atoms with Gasteiger partial charge in [0.2, 0.25) is 0 Å². The number of imidazole rings is 1. The molecule has 1 amide bonds. The van der Waals surface area contributed by atoms with Crippen molar-refractivity contribution in [3.05, 3.63) is 76.0 Å². The molecule has 5 rings (SSSR count). The number of carbonyl (C=O) groups excluding carboxylic acids is 1. The Morgan fingerprint density at radius 2 is 1.79 bits per heavy atom. The molecule has 1 fully saturated rings. The van der Waals surface area contributed by atoms with E-state index in [1.165, 1.54) is 12.1 Å². The molecule has 3 N–H and O–H groups in total. The minimum absolute atomic E-state index is 0.0389. The predicted octanol–water partition coefficient (Wildman–Crippen LogP) is 3.56. The zero-order chi connectivity index (χ0) is 27.3. The average molecular weight is 522 g/mol. The van der Waals surface area contributed by atoms with Gasteiger partial charge in [0.05, 0.1) is 16.9 Å². The van der Waals surface area contributed by atoms with E-state index in [0.717, 1.165) is 40.7 Å². The number of amides is 1. The standard InChI is InChI=1S/C27H29F2N7O2/c1-14(2)26-32-23-21(34(26)4)10-8-19(25(23)35-12-15(3)18(30)13-35)31-27(38)20-9-11-22(37)36(33-20)24-16(28)6-5-7-17(24)29/h5-11,14-15,18H,12-13,30H2,1-4H3,(H,31,38)/t15-,18+/m1/s1. The average Bonchev–Trinajstić information content (AvgIpc) is 3.38. The summed E-state index contributed by atoms with van der Waals surface area (Å²) in [6.07, 6.45) is 0. The number of para-hydroxylation sites is 1. The molecule has 3 heterocycles. The van der Waals surface area contributed by atoms with Crippen molar-refractivity contribution in [2.45, 2.75) is 32.7 Å². The molecular formula is C27H29F2N7O2. The van der Waals surface area contributed by atoms with Gasteiger partial charge in [-0.25, -0.2) is 13.8 Å². The van der Waals surface area contributed by atoms with Crippen LogP contribution in [0.4, 0.5) is 20.2 Å². The van der Waals surface area contributed by atoms with Crippen LogP contribution in [0.2, 0.25) is 0 Å². The molecule has 0 aliphatic carbocycles. The Kier molecular flexibility index (Phi) is 6.47. The van der Waals surface area contributed by atoms with Gasteiger partial charge in [0, 0.05) is 38.2 Å². The number of hydrogen-bond acceptors (Lipinski definition) is 6. The van der Waals surface area contributed by atoms with Gasteiger partial charge < -0.3 is 20.5 Å². The Balaban J connectivity index is 1.58. The van der Waals surface area contributed by atoms with Crippen molar-refractivity contribution in [2.24, 2.45) is 18.7 Å². The number of anilines is 2. The van der Waals surface area contributed by atoms with Gasteiger partial charge in [0.1, 0.15) is 22.7 Å². The number of rotatable bonds is 5. The highest BCUT2D eigenvalue weighted by Gasteiger charge is 2.31. The maximum atomic E-state index is 14.4. The van der Waals surface area contributed by atoms with Crippen molar-refractivity contribution in [3.8, 4) is 5.69 Å². The molecule has 1 saturated heterocycles. The third-order valence-electron chi connectivity index (χ3n) is 6.99. The number of nitrogens with two attached hydrogens (primary N) is 1. The number of halogens is 2. The number of nitrogens with zero attached hydrogens (tertiary/aromatic N) is 5. The van der Waals surface area contributed by atoms with E-state index in [-0.39, 0.29) is 23.6 Å². The highest BCUT2D eigenvalue weighted by molar-refractivity contribution is 6.08. The zero-order valence-corrected chi connectivity index (χ0v) is 21.6. The SMILES string of the molecule is CC(C)c1nc2c(N3C[C@@H](C)[C@@H](N)C3)c(NC(=O)c3ccc(=O)n(-c4c(F)cccc4F)n3)ccc2n1C. The molecule has 0 unspecified atom stereocenters. The fourth-order valence-corrected chi connectivity index (χ4v) is 4.94. The second-order valence-electron chi connectivity index (χ2n) is 10.1. The van der Waals surface area contributed by atoms with E-state index in [0.29, 0.717) is 23.5 Å². The van der Waals surface area contributed by atoms with Gasteiger partial charge >= 0.3 is 0 Å². The summed E-state index contributed by atoms with van der Waals surface area (Å²) in [5.74, 6) is -1.26. The maximum Gasteiger partial charge on any atom is 0.276 e. The van der Waals surface area contributed by atoms with Crippen molar-refractivity contribution < 1.29 is 13.6 Å². The number of aryl methyl sites for hydroxylation is 1. The lowest BCUT2D eigenvalue weighted by Gasteiger charge is -2.23. The van der Waals surface area contributed by atoms with E-state index in [1.54, 1.807) is 6.07 Å². The maximum absolute atomic E-state index is 14.4. The quantitative estimate of drug-likeness (QED) is 0.416. The molecule has 2 atom stereocenters. The van der Waals surface area contributed by atoms with Crippen LogP contribution in [0.3, 0.4) is 0 Å². The lowest BCUT2D eigenvalue weighted by atomic mass is 10.1. The first-order chi connectivity index (χ1) is 18.1. The second-order valence-corrected chi connectivity index (χ2v) is 10.1. The first kappa shape index (κ1) is 25.5. The molecule has 9 nitrogen and oxygen atoms in total. The Labute approximate surface area is 217 Å². The lowest BCUT2D eigenvalue weighted by Crippen LogP contribution is -2.29. The monoisotopic (exact) mass is 521 g/mol. The Morgan fingerprint density at radius 3 is 2.42 bits per heavy atom. The molecule has 1 aliphatic heterocycles. The van der Waals surface area contributed by atoms with E-state index in [9.17, 15) is 18.4 Å². The second kappa shape index (κ2) is 9.64. The van der Waals surface area contributed by atoms with Crippen LogP contribution in [-0.4, -0.2) is 44.4 Å². The summed E-state index contributed by atoms with van der Waals surface area (Å²) in [5, 5.41) is 6.85. The van der Waals surface area contributed by atoms with Gasteiger partial charge in [0.15, 0.2) is 11.6 Å². The molecule has 0 saturated carbocycles. The topological polar surface area (TPSA) is 111 Å². The molecule has 1 aliphatic rings. The van der Waals surface area contributed by atoms with E-state index in [1.807, 2.05) is 17.7 Å². The van der Waals surface area contributed by atoms with Crippen LogP contribution in [-0.2, 0) is 7.05 Å². The molecular weight excluding hydrogens is 492 g/mol. The van der Waals surface area contributed by atoms with Crippen molar-refractivity contribution in [3.63, 3.8) is 0 Å². The van der Waals surface area contributed by atoms with Crippen molar-refractivity contribution in [1.29, 1.82) is 0 Å². The Bertz CT molecular complexity index is 1580. The minimum atomic E-state index is -0.972. The largest absolute Gasteiger partial charge is 0.366 e. The summed E-state index contributed by atoms with van der Waals surface area (Å²) in [7, 11) is 1.96. The van der Waals surface area contributed by atoms with Gasteiger partial charge in [-0.3, -0.25) is 9.59 Å². The van der Waals surface area contributed by atoms with Crippen LogP contribution in [0.25, 0.3) is 16.7 Å². The summed E-state index contributed by atoms with van der Waals surface area (Å²) in [5.41, 5.74) is 7.60. The molecule has 38 heavy (non-hydrogen) atoms. The van der Waals surface area contributed by atoms with E-state index >= 15 is 0 Å². The number of aromatic nitrogens is 4. The van der Waals surface area contributed by atoms with Gasteiger partial charge in [-0.15, -0.1) is 0 Å².